The van der Waals surface area contributed by atoms with Gasteiger partial charge in [0.05, 0.1) is 14.2 Å². The van der Waals surface area contributed by atoms with Crippen molar-refractivity contribution in [3.05, 3.63) is 71.3 Å². The summed E-state index contributed by atoms with van der Waals surface area (Å²) in [6, 6.07) is 13.8. The van der Waals surface area contributed by atoms with Crippen molar-refractivity contribution in [2.24, 2.45) is 0 Å². The van der Waals surface area contributed by atoms with Gasteiger partial charge in [0.15, 0.2) is 5.78 Å². The van der Waals surface area contributed by atoms with Gasteiger partial charge < -0.3 is 9.47 Å². The molecule has 2 aromatic carbocycles. The van der Waals surface area contributed by atoms with Crippen LogP contribution in [0.2, 0.25) is 0 Å². The van der Waals surface area contributed by atoms with Crippen LogP contribution >= 0.6 is 0 Å². The second-order valence-corrected chi connectivity index (χ2v) is 5.41. The Morgan fingerprint density at radius 2 is 1.78 bits per heavy atom. The molecule has 0 saturated carbocycles. The Morgan fingerprint density at radius 1 is 1.04 bits per heavy atom. The first-order valence-electron chi connectivity index (χ1n) is 7.58. The second kappa shape index (κ2) is 8.18. The quantitative estimate of drug-likeness (QED) is 0.727. The Hall–Kier alpha value is -2.55. The molecule has 0 bridgehead atoms. The average Bonchev–Trinajstić information content (AvgIpc) is 2.57. The minimum atomic E-state index is 0.0561. The van der Waals surface area contributed by atoms with Crippen LogP contribution in [-0.2, 0) is 17.6 Å². The van der Waals surface area contributed by atoms with Gasteiger partial charge in [0.1, 0.15) is 11.5 Å². The van der Waals surface area contributed by atoms with Crippen LogP contribution < -0.4 is 9.47 Å². The monoisotopic (exact) mass is 310 g/mol. The summed E-state index contributed by atoms with van der Waals surface area (Å²) in [6.45, 7) is 2.06. The maximum Gasteiger partial charge on any atom is 0.159 e. The number of carbonyl (C=O) groups excluding carboxylic acids is 1. The fourth-order valence-electron chi connectivity index (χ4n) is 2.30. The Kier molecular flexibility index (Phi) is 5.98. The molecule has 23 heavy (non-hydrogen) atoms. The number of aryl methyl sites for hydroxylation is 1. The first-order valence-corrected chi connectivity index (χ1v) is 7.58. The highest BCUT2D eigenvalue weighted by Crippen LogP contribution is 2.25. The first-order chi connectivity index (χ1) is 11.1. The molecule has 2 rings (SSSR count). The maximum absolute atomic E-state index is 12.1. The Labute approximate surface area is 137 Å². The summed E-state index contributed by atoms with van der Waals surface area (Å²) in [5, 5.41) is 0. The molecule has 2 aromatic rings. The molecule has 0 fully saturated rings. The summed E-state index contributed by atoms with van der Waals surface area (Å²) >= 11 is 0. The minimum Gasteiger partial charge on any atom is -0.497 e. The molecular formula is C20H22O3. The summed E-state index contributed by atoms with van der Waals surface area (Å²) in [5.41, 5.74) is 3.29. The summed E-state index contributed by atoms with van der Waals surface area (Å²) in [7, 11) is 3.20. The van der Waals surface area contributed by atoms with Gasteiger partial charge in [-0.2, -0.15) is 0 Å². The Balaban J connectivity index is 1.96. The van der Waals surface area contributed by atoms with Crippen LogP contribution in [-0.4, -0.2) is 20.0 Å². The summed E-state index contributed by atoms with van der Waals surface area (Å²) in [6.07, 6.45) is 4.62. The van der Waals surface area contributed by atoms with Crippen molar-refractivity contribution in [1.82, 2.24) is 0 Å². The van der Waals surface area contributed by atoms with Crippen molar-refractivity contribution in [2.45, 2.75) is 19.8 Å². The number of methoxy groups -OCH3 is 2. The minimum absolute atomic E-state index is 0.0561. The van der Waals surface area contributed by atoms with Gasteiger partial charge in [-0.1, -0.05) is 42.0 Å². The molecule has 0 N–H and O–H groups in total. The molecule has 0 atom stereocenters. The van der Waals surface area contributed by atoms with E-state index in [-0.39, 0.29) is 5.78 Å². The third kappa shape index (κ3) is 4.99. The number of ketones is 1. The smallest absolute Gasteiger partial charge is 0.159 e. The molecule has 0 aliphatic heterocycles. The summed E-state index contributed by atoms with van der Waals surface area (Å²) in [5.74, 6) is 1.44. The van der Waals surface area contributed by atoms with Crippen LogP contribution in [0.15, 0.2) is 54.6 Å². The van der Waals surface area contributed by atoms with Gasteiger partial charge in [0.25, 0.3) is 0 Å². The molecule has 0 radical (unpaired) electrons. The summed E-state index contributed by atoms with van der Waals surface area (Å²) in [4.78, 5) is 12.1. The van der Waals surface area contributed by atoms with Gasteiger partial charge >= 0.3 is 0 Å². The average molecular weight is 310 g/mol. The van der Waals surface area contributed by atoms with Gasteiger partial charge in [0.2, 0.25) is 0 Å². The van der Waals surface area contributed by atoms with Gasteiger partial charge in [-0.3, -0.25) is 4.79 Å². The van der Waals surface area contributed by atoms with Crippen LogP contribution in [0.3, 0.4) is 0 Å². The van der Waals surface area contributed by atoms with Crippen molar-refractivity contribution in [2.75, 3.05) is 14.2 Å². The molecule has 0 aliphatic rings. The van der Waals surface area contributed by atoms with Crippen LogP contribution in [0.5, 0.6) is 11.5 Å². The van der Waals surface area contributed by atoms with E-state index < -0.39 is 0 Å². The molecule has 3 heteroatoms. The van der Waals surface area contributed by atoms with E-state index >= 15 is 0 Å². The number of hydrogen-bond donors (Lipinski definition) is 0. The van der Waals surface area contributed by atoms with E-state index in [1.165, 1.54) is 11.1 Å². The fourth-order valence-corrected chi connectivity index (χ4v) is 2.30. The number of hydrogen-bond acceptors (Lipinski definition) is 3. The number of carbonyl (C=O) groups is 1. The van der Waals surface area contributed by atoms with Crippen molar-refractivity contribution in [3.63, 3.8) is 0 Å². The zero-order valence-electron chi connectivity index (χ0n) is 13.8. The van der Waals surface area contributed by atoms with Gasteiger partial charge in [-0.15, -0.1) is 0 Å². The lowest BCUT2D eigenvalue weighted by molar-refractivity contribution is -0.114. The zero-order chi connectivity index (χ0) is 16.7. The van der Waals surface area contributed by atoms with E-state index in [9.17, 15) is 4.79 Å². The standard InChI is InChI=1S/C20H22O3/c1-15-7-9-16(10-8-15)5-4-6-18(21)13-17-11-12-19(22-2)14-20(17)23-3/h4,6-12,14H,5,13H2,1-3H3/b6-4+. The van der Waals surface area contributed by atoms with Crippen molar-refractivity contribution < 1.29 is 14.3 Å². The third-order valence-electron chi connectivity index (χ3n) is 3.64. The second-order valence-electron chi connectivity index (χ2n) is 5.41. The highest BCUT2D eigenvalue weighted by molar-refractivity contribution is 5.91. The van der Waals surface area contributed by atoms with Gasteiger partial charge in [-0.25, -0.2) is 0 Å². The molecule has 0 amide bonds. The van der Waals surface area contributed by atoms with E-state index in [0.29, 0.717) is 17.9 Å². The lowest BCUT2D eigenvalue weighted by Crippen LogP contribution is -2.01. The van der Waals surface area contributed by atoms with E-state index in [1.807, 2.05) is 18.2 Å². The predicted octanol–water partition coefficient (Wildman–Crippen LogP) is 3.92. The largest absolute Gasteiger partial charge is 0.497 e. The van der Waals surface area contributed by atoms with Crippen LogP contribution in [0, 0.1) is 6.92 Å². The summed E-state index contributed by atoms with van der Waals surface area (Å²) < 4.78 is 10.5. The molecule has 0 heterocycles. The van der Waals surface area contributed by atoms with Crippen LogP contribution in [0.25, 0.3) is 0 Å². The molecule has 0 unspecified atom stereocenters. The topological polar surface area (TPSA) is 35.5 Å². The molecule has 0 aliphatic carbocycles. The maximum atomic E-state index is 12.1. The fraction of sp³-hybridized carbons (Fsp3) is 0.250. The molecule has 0 saturated heterocycles. The third-order valence-corrected chi connectivity index (χ3v) is 3.64. The van der Waals surface area contributed by atoms with Gasteiger partial charge in [-0.05, 0) is 31.1 Å². The van der Waals surface area contributed by atoms with E-state index in [2.05, 4.69) is 31.2 Å². The lowest BCUT2D eigenvalue weighted by Gasteiger charge is -2.09. The highest BCUT2D eigenvalue weighted by Gasteiger charge is 2.08. The highest BCUT2D eigenvalue weighted by atomic mass is 16.5. The van der Waals surface area contributed by atoms with E-state index in [1.54, 1.807) is 26.4 Å². The number of allylic oxidation sites excluding steroid dienone is 2. The molecule has 3 nitrogen and oxygen atoms in total. The molecule has 0 aromatic heterocycles. The normalized spacial score (nSPS) is 10.7. The number of rotatable bonds is 7. The number of benzene rings is 2. The molecule has 0 spiro atoms. The van der Waals surface area contributed by atoms with Crippen molar-refractivity contribution >= 4 is 5.78 Å². The Bertz CT molecular complexity index is 685. The molecular weight excluding hydrogens is 288 g/mol. The van der Waals surface area contributed by atoms with Crippen LogP contribution in [0.4, 0.5) is 0 Å². The number of ether oxygens (including phenoxy) is 2. The van der Waals surface area contributed by atoms with Crippen LogP contribution in [0.1, 0.15) is 16.7 Å². The van der Waals surface area contributed by atoms with E-state index in [4.69, 9.17) is 9.47 Å². The van der Waals surface area contributed by atoms with Gasteiger partial charge in [0, 0.05) is 18.1 Å². The van der Waals surface area contributed by atoms with Crippen molar-refractivity contribution in [1.29, 1.82) is 0 Å². The first kappa shape index (κ1) is 16.8. The van der Waals surface area contributed by atoms with Crippen molar-refractivity contribution in [3.8, 4) is 11.5 Å². The SMILES string of the molecule is COc1ccc(CC(=O)/C=C/Cc2ccc(C)cc2)c(OC)c1. The van der Waals surface area contributed by atoms with E-state index in [0.717, 1.165) is 12.0 Å². The Morgan fingerprint density at radius 3 is 2.43 bits per heavy atom. The molecule has 120 valence electrons. The lowest BCUT2D eigenvalue weighted by atomic mass is 10.1. The zero-order valence-corrected chi connectivity index (χ0v) is 13.8. The predicted molar refractivity (Wildman–Crippen MR) is 92.3 cm³/mol.